The summed E-state index contributed by atoms with van der Waals surface area (Å²) >= 11 is 0. The fraction of sp³-hybridized carbons (Fsp3) is 0.278. The highest BCUT2D eigenvalue weighted by Gasteiger charge is 2.08. The number of nitrogens with zero attached hydrogens (tertiary/aromatic N) is 3. The Morgan fingerprint density at radius 3 is 2.74 bits per heavy atom. The summed E-state index contributed by atoms with van der Waals surface area (Å²) < 4.78 is 18.2. The second-order valence-electron chi connectivity index (χ2n) is 5.58. The van der Waals surface area contributed by atoms with E-state index in [1.807, 2.05) is 13.0 Å². The van der Waals surface area contributed by atoms with Crippen LogP contribution >= 0.6 is 24.0 Å². The molecule has 3 rings (SSSR count). The number of aliphatic imine (C=N–C) groups is 1. The molecule has 0 aliphatic heterocycles. The lowest BCUT2D eigenvalue weighted by atomic mass is 10.2. The van der Waals surface area contributed by atoms with Gasteiger partial charge in [0, 0.05) is 19.5 Å². The van der Waals surface area contributed by atoms with Crippen molar-refractivity contribution in [2.75, 3.05) is 13.1 Å². The van der Waals surface area contributed by atoms with Gasteiger partial charge >= 0.3 is 0 Å². The zero-order valence-corrected chi connectivity index (χ0v) is 17.2. The SMILES string of the molecule is CCNC(=NCc1ccc(F)cc1)NCCc1nc(-c2ccco2)n[nH]1.I. The van der Waals surface area contributed by atoms with Crippen molar-refractivity contribution < 1.29 is 8.81 Å². The number of halogens is 2. The third-order valence-electron chi connectivity index (χ3n) is 3.60. The maximum absolute atomic E-state index is 12.9. The second kappa shape index (κ2) is 10.7. The first-order valence-electron chi connectivity index (χ1n) is 8.46. The highest BCUT2D eigenvalue weighted by molar-refractivity contribution is 14.0. The summed E-state index contributed by atoms with van der Waals surface area (Å²) in [5, 5.41) is 13.5. The predicted molar refractivity (Wildman–Crippen MR) is 112 cm³/mol. The number of rotatable bonds is 7. The molecule has 0 spiro atoms. The normalized spacial score (nSPS) is 11.1. The standard InChI is InChI=1S/C18H21FN6O.HI/c1-2-20-18(22-12-13-5-7-14(19)8-6-13)21-10-9-16-23-17(25-24-16)15-4-3-11-26-15;/h3-8,11H,2,9-10,12H2,1H3,(H2,20,21,22)(H,23,24,25);1H. The maximum atomic E-state index is 12.9. The molecule has 0 saturated heterocycles. The molecular weight excluding hydrogens is 462 g/mol. The van der Waals surface area contributed by atoms with E-state index in [4.69, 9.17) is 4.42 Å². The molecule has 0 fully saturated rings. The average Bonchev–Trinajstić information content (AvgIpc) is 3.32. The minimum Gasteiger partial charge on any atom is -0.461 e. The van der Waals surface area contributed by atoms with Crippen LogP contribution in [0.2, 0.25) is 0 Å². The van der Waals surface area contributed by atoms with Gasteiger partial charge in [0.05, 0.1) is 12.8 Å². The molecular formula is C18H22FIN6O. The van der Waals surface area contributed by atoms with Gasteiger partial charge in [-0.3, -0.25) is 5.10 Å². The van der Waals surface area contributed by atoms with Crippen molar-refractivity contribution >= 4 is 29.9 Å². The number of guanidine groups is 1. The average molecular weight is 484 g/mol. The first kappa shape index (κ1) is 20.9. The van der Waals surface area contributed by atoms with E-state index in [-0.39, 0.29) is 29.8 Å². The summed E-state index contributed by atoms with van der Waals surface area (Å²) in [4.78, 5) is 8.90. The predicted octanol–water partition coefficient (Wildman–Crippen LogP) is 3.12. The molecule has 0 atom stereocenters. The zero-order chi connectivity index (χ0) is 18.2. The summed E-state index contributed by atoms with van der Waals surface area (Å²) in [6, 6.07) is 9.95. The van der Waals surface area contributed by atoms with E-state index in [1.54, 1.807) is 24.5 Å². The van der Waals surface area contributed by atoms with E-state index in [9.17, 15) is 4.39 Å². The minimum atomic E-state index is -0.247. The van der Waals surface area contributed by atoms with Crippen LogP contribution in [0.4, 0.5) is 4.39 Å². The molecule has 0 amide bonds. The number of aromatic nitrogens is 3. The second-order valence-corrected chi connectivity index (χ2v) is 5.58. The molecule has 0 saturated carbocycles. The van der Waals surface area contributed by atoms with E-state index in [1.165, 1.54) is 12.1 Å². The van der Waals surface area contributed by atoms with Crippen LogP contribution in [0.1, 0.15) is 18.3 Å². The number of nitrogens with one attached hydrogen (secondary N) is 3. The highest BCUT2D eigenvalue weighted by Crippen LogP contribution is 2.14. The molecule has 3 N–H and O–H groups in total. The van der Waals surface area contributed by atoms with Gasteiger partial charge in [0.15, 0.2) is 11.7 Å². The quantitative estimate of drug-likeness (QED) is 0.273. The van der Waals surface area contributed by atoms with Crippen LogP contribution in [-0.2, 0) is 13.0 Å². The van der Waals surface area contributed by atoms with Gasteiger partial charge in [-0.25, -0.2) is 14.4 Å². The van der Waals surface area contributed by atoms with Crippen LogP contribution in [0.25, 0.3) is 11.6 Å². The topological polar surface area (TPSA) is 91.1 Å². The van der Waals surface area contributed by atoms with Crippen molar-refractivity contribution in [2.45, 2.75) is 19.9 Å². The Morgan fingerprint density at radius 2 is 2.04 bits per heavy atom. The Morgan fingerprint density at radius 1 is 1.22 bits per heavy atom. The van der Waals surface area contributed by atoms with Crippen LogP contribution in [0.3, 0.4) is 0 Å². The third-order valence-corrected chi connectivity index (χ3v) is 3.60. The summed E-state index contributed by atoms with van der Waals surface area (Å²) in [6.45, 7) is 3.87. The lowest BCUT2D eigenvalue weighted by molar-refractivity contribution is 0.577. The van der Waals surface area contributed by atoms with Crippen LogP contribution in [0.5, 0.6) is 0 Å². The number of benzene rings is 1. The fourth-order valence-corrected chi connectivity index (χ4v) is 2.32. The molecule has 144 valence electrons. The molecule has 27 heavy (non-hydrogen) atoms. The summed E-state index contributed by atoms with van der Waals surface area (Å²) in [5.41, 5.74) is 0.946. The number of hydrogen-bond donors (Lipinski definition) is 3. The van der Waals surface area contributed by atoms with Gasteiger partial charge < -0.3 is 15.1 Å². The molecule has 0 bridgehead atoms. The van der Waals surface area contributed by atoms with Crippen molar-refractivity contribution in [3.05, 3.63) is 59.9 Å². The molecule has 0 radical (unpaired) electrons. The Balaban J connectivity index is 0.00000261. The first-order chi connectivity index (χ1) is 12.7. The lowest BCUT2D eigenvalue weighted by Crippen LogP contribution is -2.38. The third kappa shape index (κ3) is 6.35. The molecule has 0 aliphatic carbocycles. The van der Waals surface area contributed by atoms with Crippen LogP contribution in [0, 0.1) is 5.82 Å². The van der Waals surface area contributed by atoms with Gasteiger partial charge in [-0.05, 0) is 36.8 Å². The Labute approximate surface area is 173 Å². The van der Waals surface area contributed by atoms with Gasteiger partial charge in [0.2, 0.25) is 5.82 Å². The fourth-order valence-electron chi connectivity index (χ4n) is 2.32. The van der Waals surface area contributed by atoms with E-state index in [0.717, 1.165) is 17.9 Å². The van der Waals surface area contributed by atoms with Gasteiger partial charge in [-0.1, -0.05) is 12.1 Å². The highest BCUT2D eigenvalue weighted by atomic mass is 127. The van der Waals surface area contributed by atoms with Crippen molar-refractivity contribution in [3.63, 3.8) is 0 Å². The number of H-pyrrole nitrogens is 1. The van der Waals surface area contributed by atoms with E-state index < -0.39 is 0 Å². The van der Waals surface area contributed by atoms with Gasteiger partial charge in [-0.15, -0.1) is 24.0 Å². The summed E-state index contributed by atoms with van der Waals surface area (Å²) in [6.07, 6.45) is 2.25. The largest absolute Gasteiger partial charge is 0.461 e. The Hall–Kier alpha value is -2.43. The lowest BCUT2D eigenvalue weighted by Gasteiger charge is -2.10. The molecule has 2 aromatic heterocycles. The molecule has 0 unspecified atom stereocenters. The summed E-state index contributed by atoms with van der Waals surface area (Å²) in [5.74, 6) is 2.39. The monoisotopic (exact) mass is 484 g/mol. The van der Waals surface area contributed by atoms with Crippen LogP contribution in [0.15, 0.2) is 52.1 Å². The van der Waals surface area contributed by atoms with Crippen molar-refractivity contribution in [1.29, 1.82) is 0 Å². The molecule has 0 aliphatic rings. The Bertz CT molecular complexity index is 832. The van der Waals surface area contributed by atoms with Crippen molar-refractivity contribution in [3.8, 4) is 11.6 Å². The van der Waals surface area contributed by atoms with Crippen LogP contribution in [-0.4, -0.2) is 34.2 Å². The molecule has 3 aromatic rings. The first-order valence-corrected chi connectivity index (χ1v) is 8.46. The Kier molecular flexibility index (Phi) is 8.24. The van der Waals surface area contributed by atoms with Crippen molar-refractivity contribution in [2.24, 2.45) is 4.99 Å². The zero-order valence-electron chi connectivity index (χ0n) is 14.9. The van der Waals surface area contributed by atoms with Crippen molar-refractivity contribution in [1.82, 2.24) is 25.8 Å². The maximum Gasteiger partial charge on any atom is 0.216 e. The van der Waals surface area contributed by atoms with E-state index in [2.05, 4.69) is 30.8 Å². The molecule has 7 nitrogen and oxygen atoms in total. The number of hydrogen-bond acceptors (Lipinski definition) is 4. The molecule has 2 heterocycles. The number of furan rings is 1. The van der Waals surface area contributed by atoms with Gasteiger partial charge in [0.1, 0.15) is 11.6 Å². The molecule has 9 heteroatoms. The van der Waals surface area contributed by atoms with Gasteiger partial charge in [-0.2, -0.15) is 5.10 Å². The minimum absolute atomic E-state index is 0. The van der Waals surface area contributed by atoms with Crippen LogP contribution < -0.4 is 10.6 Å². The summed E-state index contributed by atoms with van der Waals surface area (Å²) in [7, 11) is 0. The smallest absolute Gasteiger partial charge is 0.216 e. The number of aromatic amines is 1. The van der Waals surface area contributed by atoms with Gasteiger partial charge in [0.25, 0.3) is 0 Å². The van der Waals surface area contributed by atoms with E-state index >= 15 is 0 Å². The molecule has 1 aromatic carbocycles. The van der Waals surface area contributed by atoms with E-state index in [0.29, 0.717) is 37.1 Å².